The molecule has 0 fully saturated rings. The largest absolute Gasteiger partial charge is 0.490 e. The molecule has 1 amide bonds. The second-order valence-electron chi connectivity index (χ2n) is 6.85. The summed E-state index contributed by atoms with van der Waals surface area (Å²) in [5.41, 5.74) is 1.17. The summed E-state index contributed by atoms with van der Waals surface area (Å²) < 4.78 is 18.4. The Kier molecular flexibility index (Phi) is 7.14. The monoisotopic (exact) mass is 441 g/mol. The first-order chi connectivity index (χ1) is 15.4. The Hall–Kier alpha value is -3.82. The summed E-state index contributed by atoms with van der Waals surface area (Å²) in [6, 6.07) is 6.27. The molecule has 0 radical (unpaired) electrons. The van der Waals surface area contributed by atoms with Gasteiger partial charge in [-0.2, -0.15) is 9.78 Å². The molecule has 0 atom stereocenters. The molecule has 0 saturated heterocycles. The molecule has 1 aromatic carbocycles. The van der Waals surface area contributed by atoms with Gasteiger partial charge in [0, 0.05) is 23.4 Å². The van der Waals surface area contributed by atoms with Crippen molar-refractivity contribution in [2.45, 2.75) is 34.6 Å². The van der Waals surface area contributed by atoms with Crippen LogP contribution in [0.1, 0.15) is 42.5 Å². The van der Waals surface area contributed by atoms with Crippen molar-refractivity contribution in [3.8, 4) is 23.2 Å². The number of aromatic amines is 1. The molecule has 2 heterocycles. The van der Waals surface area contributed by atoms with Crippen LogP contribution in [0.3, 0.4) is 0 Å². The number of hydrogen-bond acceptors (Lipinski definition) is 7. The molecule has 2 aromatic heterocycles. The van der Waals surface area contributed by atoms with Crippen molar-refractivity contribution in [3.05, 3.63) is 51.6 Å². The molecular formula is C22H27N5O5. The lowest BCUT2D eigenvalue weighted by Gasteiger charge is -2.17. The first-order valence-electron chi connectivity index (χ1n) is 10.4. The van der Waals surface area contributed by atoms with Crippen LogP contribution in [0.25, 0.3) is 5.95 Å². The van der Waals surface area contributed by atoms with E-state index in [0.717, 1.165) is 0 Å². The third kappa shape index (κ3) is 5.08. The van der Waals surface area contributed by atoms with Gasteiger partial charge in [-0.25, -0.2) is 4.98 Å². The normalized spacial score (nSPS) is 10.7. The first-order valence-corrected chi connectivity index (χ1v) is 10.4. The Labute approximate surface area is 185 Å². The molecule has 3 rings (SSSR count). The fraction of sp³-hybridized carbons (Fsp3) is 0.364. The summed E-state index contributed by atoms with van der Waals surface area (Å²) in [5, 5.41) is 7.16. The van der Waals surface area contributed by atoms with Crippen molar-refractivity contribution >= 4 is 11.7 Å². The Balaban J connectivity index is 1.99. The lowest BCUT2D eigenvalue weighted by Crippen LogP contribution is -2.19. The van der Waals surface area contributed by atoms with Crippen LogP contribution >= 0.6 is 0 Å². The van der Waals surface area contributed by atoms with Crippen LogP contribution in [0.4, 0.5) is 5.82 Å². The van der Waals surface area contributed by atoms with E-state index in [1.807, 2.05) is 20.8 Å². The van der Waals surface area contributed by atoms with E-state index >= 15 is 0 Å². The zero-order chi connectivity index (χ0) is 23.3. The molecule has 0 saturated carbocycles. The van der Waals surface area contributed by atoms with Crippen LogP contribution in [0.15, 0.2) is 29.1 Å². The Morgan fingerprint density at radius 3 is 2.16 bits per heavy atom. The predicted octanol–water partition coefficient (Wildman–Crippen LogP) is 3.02. The second-order valence-corrected chi connectivity index (χ2v) is 6.85. The van der Waals surface area contributed by atoms with E-state index in [9.17, 15) is 9.59 Å². The van der Waals surface area contributed by atoms with Crippen molar-refractivity contribution in [2.75, 3.05) is 25.1 Å². The summed E-state index contributed by atoms with van der Waals surface area (Å²) in [7, 11) is 0. The average Bonchev–Trinajstić information content (AvgIpc) is 3.10. The van der Waals surface area contributed by atoms with E-state index in [1.165, 1.54) is 10.7 Å². The summed E-state index contributed by atoms with van der Waals surface area (Å²) in [6.45, 7) is 10.3. The Bertz CT molecular complexity index is 1140. The molecule has 0 unspecified atom stereocenters. The van der Waals surface area contributed by atoms with Crippen LogP contribution in [0.2, 0.25) is 0 Å². The molecule has 3 aromatic rings. The highest BCUT2D eigenvalue weighted by Crippen LogP contribution is 2.39. The predicted molar refractivity (Wildman–Crippen MR) is 119 cm³/mol. The highest BCUT2D eigenvalue weighted by molar-refractivity contribution is 6.04. The van der Waals surface area contributed by atoms with E-state index in [-0.39, 0.29) is 11.5 Å². The van der Waals surface area contributed by atoms with Gasteiger partial charge < -0.3 is 19.5 Å². The van der Waals surface area contributed by atoms with Crippen molar-refractivity contribution < 1.29 is 19.0 Å². The zero-order valence-corrected chi connectivity index (χ0v) is 18.8. The van der Waals surface area contributed by atoms with Gasteiger partial charge in [-0.3, -0.25) is 14.6 Å². The lowest BCUT2D eigenvalue weighted by atomic mass is 10.1. The molecule has 10 heteroatoms. The third-order valence-corrected chi connectivity index (χ3v) is 4.30. The van der Waals surface area contributed by atoms with Crippen LogP contribution < -0.4 is 25.1 Å². The lowest BCUT2D eigenvalue weighted by molar-refractivity contribution is 0.102. The smallest absolute Gasteiger partial charge is 0.257 e. The Morgan fingerprint density at radius 2 is 1.59 bits per heavy atom. The maximum Gasteiger partial charge on any atom is 0.257 e. The Morgan fingerprint density at radius 1 is 0.969 bits per heavy atom. The number of nitrogens with zero attached hydrogens (tertiary/aromatic N) is 3. The molecule has 2 N–H and O–H groups in total. The van der Waals surface area contributed by atoms with Crippen LogP contribution in [0, 0.1) is 13.8 Å². The number of hydrogen-bond donors (Lipinski definition) is 2. The fourth-order valence-corrected chi connectivity index (χ4v) is 3.12. The van der Waals surface area contributed by atoms with Crippen molar-refractivity contribution in [3.63, 3.8) is 0 Å². The minimum atomic E-state index is -0.411. The summed E-state index contributed by atoms with van der Waals surface area (Å²) in [5.74, 6) is 1.43. The molecule has 0 aliphatic carbocycles. The molecular weight excluding hydrogens is 414 g/mol. The van der Waals surface area contributed by atoms with Crippen molar-refractivity contribution in [1.29, 1.82) is 0 Å². The number of benzene rings is 1. The van der Waals surface area contributed by atoms with E-state index in [4.69, 9.17) is 14.2 Å². The number of aryl methyl sites for hydroxylation is 2. The highest BCUT2D eigenvalue weighted by atomic mass is 16.5. The minimum Gasteiger partial charge on any atom is -0.490 e. The van der Waals surface area contributed by atoms with E-state index in [2.05, 4.69) is 20.4 Å². The van der Waals surface area contributed by atoms with Gasteiger partial charge in [-0.15, -0.1) is 0 Å². The number of nitrogens with one attached hydrogen (secondary N) is 2. The van der Waals surface area contributed by atoms with Crippen LogP contribution in [-0.2, 0) is 0 Å². The number of H-pyrrole nitrogens is 1. The number of amides is 1. The molecule has 10 nitrogen and oxygen atoms in total. The number of aromatic nitrogens is 4. The topological polar surface area (TPSA) is 120 Å². The van der Waals surface area contributed by atoms with Gasteiger partial charge in [0.15, 0.2) is 11.5 Å². The number of carbonyl (C=O) groups excluding carboxylic acids is 1. The summed E-state index contributed by atoms with van der Waals surface area (Å²) in [4.78, 5) is 31.9. The summed E-state index contributed by atoms with van der Waals surface area (Å²) >= 11 is 0. The maximum absolute atomic E-state index is 13.1. The summed E-state index contributed by atoms with van der Waals surface area (Å²) in [6.07, 6.45) is 0. The molecule has 0 aliphatic heterocycles. The van der Waals surface area contributed by atoms with Gasteiger partial charge in [-0.05, 0) is 46.8 Å². The van der Waals surface area contributed by atoms with Crippen molar-refractivity contribution in [1.82, 2.24) is 19.7 Å². The number of rotatable bonds is 9. The van der Waals surface area contributed by atoms with Gasteiger partial charge in [-0.1, -0.05) is 0 Å². The van der Waals surface area contributed by atoms with E-state index in [0.29, 0.717) is 59.8 Å². The third-order valence-electron chi connectivity index (χ3n) is 4.30. The standard InChI is InChI=1S/C22H27N5O5/c1-6-30-16-11-15(12-17(31-7-2)20(16)32-8-3)21(29)24-18-9-14(5)26-27(18)22-23-13(4)10-19(28)25-22/h9-12H,6-8H2,1-5H3,(H,24,29)(H,23,25,28). The van der Waals surface area contributed by atoms with Crippen molar-refractivity contribution in [2.24, 2.45) is 0 Å². The van der Waals surface area contributed by atoms with Gasteiger partial charge in [0.1, 0.15) is 5.82 Å². The van der Waals surface area contributed by atoms with E-state index in [1.54, 1.807) is 32.0 Å². The quantitative estimate of drug-likeness (QED) is 0.524. The minimum absolute atomic E-state index is 0.204. The molecule has 0 aliphatic rings. The second kappa shape index (κ2) is 9.99. The zero-order valence-electron chi connectivity index (χ0n) is 18.8. The van der Waals surface area contributed by atoms with Gasteiger partial charge in [0.25, 0.3) is 11.5 Å². The van der Waals surface area contributed by atoms with Crippen LogP contribution in [-0.4, -0.2) is 45.5 Å². The number of anilines is 1. The van der Waals surface area contributed by atoms with Gasteiger partial charge in [0.05, 0.1) is 25.5 Å². The first kappa shape index (κ1) is 22.9. The number of ether oxygens (including phenoxy) is 3. The van der Waals surface area contributed by atoms with Gasteiger partial charge in [0.2, 0.25) is 11.7 Å². The molecule has 0 spiro atoms. The average molecular weight is 441 g/mol. The van der Waals surface area contributed by atoms with E-state index < -0.39 is 5.91 Å². The fourth-order valence-electron chi connectivity index (χ4n) is 3.12. The molecule has 170 valence electrons. The number of carbonyl (C=O) groups is 1. The highest BCUT2D eigenvalue weighted by Gasteiger charge is 2.20. The maximum atomic E-state index is 13.1. The van der Waals surface area contributed by atoms with Gasteiger partial charge >= 0.3 is 0 Å². The van der Waals surface area contributed by atoms with Crippen LogP contribution in [0.5, 0.6) is 17.2 Å². The molecule has 0 bridgehead atoms. The SMILES string of the molecule is CCOc1cc(C(=O)Nc2cc(C)nn2-c2nc(C)cc(=O)[nH]2)cc(OCC)c1OCC. The molecule has 32 heavy (non-hydrogen) atoms.